The molecule has 0 bridgehead atoms. The van der Waals surface area contributed by atoms with Gasteiger partial charge in [-0.15, -0.1) is 6.42 Å². The Kier molecular flexibility index (Phi) is 1.57. The molecular weight excluding hydrogens is 184 g/mol. The third kappa shape index (κ3) is 1.12. The fraction of sp³-hybridized carbons (Fsp3) is 0. The van der Waals surface area contributed by atoms with Crippen molar-refractivity contribution in [2.75, 3.05) is 0 Å². The number of furan rings is 1. The number of hydrogen-bond donors (Lipinski definition) is 0. The number of rotatable bonds is 0. The van der Waals surface area contributed by atoms with Gasteiger partial charge in [-0.3, -0.25) is 0 Å². The van der Waals surface area contributed by atoms with Gasteiger partial charge in [0.25, 0.3) is 0 Å². The first kappa shape index (κ1) is 8.14. The summed E-state index contributed by atoms with van der Waals surface area (Å²) in [5, 5.41) is 2.25. The molecule has 0 fully saturated rings. The van der Waals surface area contributed by atoms with Gasteiger partial charge < -0.3 is 4.42 Å². The fourth-order valence-electron chi connectivity index (χ4n) is 1.82. The Morgan fingerprint density at radius 2 is 1.73 bits per heavy atom. The molecule has 0 N–H and O–H groups in total. The van der Waals surface area contributed by atoms with Gasteiger partial charge >= 0.3 is 0 Å². The second-order valence-corrected chi connectivity index (χ2v) is 3.45. The highest BCUT2D eigenvalue weighted by Crippen LogP contribution is 2.28. The lowest BCUT2D eigenvalue weighted by molar-refractivity contribution is 0.669. The molecule has 0 unspecified atom stereocenters. The molecule has 0 saturated carbocycles. The average molecular weight is 192 g/mol. The van der Waals surface area contributed by atoms with E-state index in [1.165, 1.54) is 0 Å². The lowest BCUT2D eigenvalue weighted by atomic mass is 10.1. The Labute approximate surface area is 87.3 Å². The van der Waals surface area contributed by atoms with Crippen molar-refractivity contribution in [1.82, 2.24) is 0 Å². The number of fused-ring (bicyclic) bond motifs is 3. The number of terminal acetylenes is 1. The van der Waals surface area contributed by atoms with Gasteiger partial charge in [0.2, 0.25) is 0 Å². The molecule has 15 heavy (non-hydrogen) atoms. The molecule has 0 aliphatic rings. The van der Waals surface area contributed by atoms with Crippen molar-refractivity contribution in [3.8, 4) is 12.3 Å². The summed E-state index contributed by atoms with van der Waals surface area (Å²) in [6, 6.07) is 13.8. The predicted octanol–water partition coefficient (Wildman–Crippen LogP) is 3.57. The van der Waals surface area contributed by atoms with E-state index in [1.807, 2.05) is 36.4 Å². The Bertz CT molecular complexity index is 683. The summed E-state index contributed by atoms with van der Waals surface area (Å²) in [7, 11) is 0. The Morgan fingerprint density at radius 1 is 0.933 bits per heavy atom. The van der Waals surface area contributed by atoms with Crippen LogP contribution in [0, 0.1) is 12.3 Å². The minimum absolute atomic E-state index is 0.849. The zero-order valence-corrected chi connectivity index (χ0v) is 8.03. The second kappa shape index (κ2) is 2.90. The first-order valence-corrected chi connectivity index (χ1v) is 4.76. The van der Waals surface area contributed by atoms with E-state index in [2.05, 4.69) is 12.0 Å². The molecule has 0 spiro atoms. The van der Waals surface area contributed by atoms with E-state index < -0.39 is 0 Å². The first-order chi connectivity index (χ1) is 7.38. The number of hydrogen-bond acceptors (Lipinski definition) is 1. The van der Waals surface area contributed by atoms with E-state index in [1.54, 1.807) is 0 Å². The molecule has 1 aromatic heterocycles. The smallest absolute Gasteiger partial charge is 0.136 e. The molecule has 0 saturated heterocycles. The van der Waals surface area contributed by atoms with Gasteiger partial charge in [0.05, 0.1) is 0 Å². The molecule has 3 aromatic rings. The van der Waals surface area contributed by atoms with Gasteiger partial charge in [-0.1, -0.05) is 24.1 Å². The van der Waals surface area contributed by atoms with Gasteiger partial charge in [-0.25, -0.2) is 0 Å². The van der Waals surface area contributed by atoms with E-state index >= 15 is 0 Å². The first-order valence-electron chi connectivity index (χ1n) is 4.76. The molecule has 0 atom stereocenters. The molecule has 3 rings (SSSR count). The van der Waals surface area contributed by atoms with Crippen LogP contribution in [0.2, 0.25) is 0 Å². The van der Waals surface area contributed by atoms with Gasteiger partial charge in [-0.05, 0) is 24.3 Å². The Morgan fingerprint density at radius 3 is 2.60 bits per heavy atom. The zero-order chi connectivity index (χ0) is 10.3. The highest BCUT2D eigenvalue weighted by molar-refractivity contribution is 6.05. The molecule has 70 valence electrons. The van der Waals surface area contributed by atoms with Crippen molar-refractivity contribution in [2.45, 2.75) is 0 Å². The van der Waals surface area contributed by atoms with Crippen molar-refractivity contribution in [1.29, 1.82) is 0 Å². The number of benzene rings is 2. The van der Waals surface area contributed by atoms with Gasteiger partial charge in [-0.2, -0.15) is 0 Å². The summed E-state index contributed by atoms with van der Waals surface area (Å²) >= 11 is 0. The topological polar surface area (TPSA) is 13.1 Å². The van der Waals surface area contributed by atoms with Crippen LogP contribution in [0.4, 0.5) is 0 Å². The Hall–Kier alpha value is -2.20. The van der Waals surface area contributed by atoms with Gasteiger partial charge in [0, 0.05) is 16.3 Å². The minimum Gasteiger partial charge on any atom is -0.456 e. The monoisotopic (exact) mass is 192 g/mol. The van der Waals surface area contributed by atoms with Crippen LogP contribution in [0.1, 0.15) is 5.56 Å². The zero-order valence-electron chi connectivity index (χ0n) is 8.03. The molecule has 0 aliphatic heterocycles. The largest absolute Gasteiger partial charge is 0.456 e. The summed E-state index contributed by atoms with van der Waals surface area (Å²) in [5.41, 5.74) is 2.61. The summed E-state index contributed by atoms with van der Waals surface area (Å²) < 4.78 is 5.70. The van der Waals surface area contributed by atoms with E-state index in [-0.39, 0.29) is 0 Å². The highest BCUT2D eigenvalue weighted by Gasteiger charge is 2.05. The summed E-state index contributed by atoms with van der Waals surface area (Å²) in [4.78, 5) is 0. The quantitative estimate of drug-likeness (QED) is 0.496. The summed E-state index contributed by atoms with van der Waals surface area (Å²) in [6.07, 6.45) is 5.34. The fourth-order valence-corrected chi connectivity index (χ4v) is 1.82. The van der Waals surface area contributed by atoms with Crippen LogP contribution in [0.5, 0.6) is 0 Å². The van der Waals surface area contributed by atoms with Crippen molar-refractivity contribution in [2.24, 2.45) is 0 Å². The molecule has 1 heteroatoms. The molecule has 0 aliphatic carbocycles. The SMILES string of the molecule is C#Cc1ccc2c(c1)oc1ccccc12. The normalized spacial score (nSPS) is 10.6. The maximum Gasteiger partial charge on any atom is 0.136 e. The van der Waals surface area contributed by atoms with Crippen LogP contribution >= 0.6 is 0 Å². The van der Waals surface area contributed by atoms with E-state index in [9.17, 15) is 0 Å². The van der Waals surface area contributed by atoms with Crippen LogP contribution in [-0.4, -0.2) is 0 Å². The van der Waals surface area contributed by atoms with E-state index in [4.69, 9.17) is 10.8 Å². The standard InChI is InChI=1S/C14H8O/c1-2-10-7-8-12-11-5-3-4-6-13(11)15-14(12)9-10/h1,3-9H. The van der Waals surface area contributed by atoms with Crippen LogP contribution in [0.15, 0.2) is 46.9 Å². The van der Waals surface area contributed by atoms with Crippen LogP contribution in [0.25, 0.3) is 21.9 Å². The summed E-state index contributed by atoms with van der Waals surface area (Å²) in [6.45, 7) is 0. The second-order valence-electron chi connectivity index (χ2n) is 3.45. The molecule has 2 aromatic carbocycles. The van der Waals surface area contributed by atoms with E-state index in [0.717, 1.165) is 27.5 Å². The third-order valence-corrected chi connectivity index (χ3v) is 2.55. The molecule has 0 radical (unpaired) electrons. The van der Waals surface area contributed by atoms with Crippen molar-refractivity contribution >= 4 is 21.9 Å². The minimum atomic E-state index is 0.849. The van der Waals surface area contributed by atoms with Gasteiger partial charge in [0.1, 0.15) is 11.2 Å². The van der Waals surface area contributed by atoms with Crippen molar-refractivity contribution < 1.29 is 4.42 Å². The average Bonchev–Trinajstić information content (AvgIpc) is 2.66. The van der Waals surface area contributed by atoms with Crippen LogP contribution < -0.4 is 0 Å². The highest BCUT2D eigenvalue weighted by atomic mass is 16.3. The van der Waals surface area contributed by atoms with Crippen molar-refractivity contribution in [3.05, 3.63) is 48.0 Å². The summed E-state index contributed by atoms with van der Waals surface area (Å²) in [5.74, 6) is 2.60. The molecule has 1 nitrogen and oxygen atoms in total. The predicted molar refractivity (Wildman–Crippen MR) is 61.7 cm³/mol. The van der Waals surface area contributed by atoms with Crippen molar-refractivity contribution in [3.63, 3.8) is 0 Å². The molecule has 0 amide bonds. The maximum atomic E-state index is 5.70. The third-order valence-electron chi connectivity index (χ3n) is 2.55. The van der Waals surface area contributed by atoms with Gasteiger partial charge in [0.15, 0.2) is 0 Å². The molecular formula is C14H8O. The Balaban J connectivity index is 2.50. The van der Waals surface area contributed by atoms with E-state index in [0.29, 0.717) is 0 Å². The van der Waals surface area contributed by atoms with Crippen LogP contribution in [-0.2, 0) is 0 Å². The molecule has 1 heterocycles. The lowest BCUT2D eigenvalue weighted by Crippen LogP contribution is -1.71. The van der Waals surface area contributed by atoms with Crippen LogP contribution in [0.3, 0.4) is 0 Å². The maximum absolute atomic E-state index is 5.70. The number of para-hydroxylation sites is 1. The lowest BCUT2D eigenvalue weighted by Gasteiger charge is -1.90.